The summed E-state index contributed by atoms with van der Waals surface area (Å²) in [7, 11) is 1.81. The first-order valence-corrected chi connectivity index (χ1v) is 6.09. The number of benzene rings is 1. The van der Waals surface area contributed by atoms with Crippen LogP contribution < -0.4 is 5.73 Å². The van der Waals surface area contributed by atoms with E-state index in [-0.39, 0.29) is 6.03 Å². The highest BCUT2D eigenvalue weighted by atomic mass is 16.5. The van der Waals surface area contributed by atoms with Gasteiger partial charge in [-0.1, -0.05) is 12.1 Å². The molecule has 0 saturated carbocycles. The number of anilines is 1. The fraction of sp³-hybridized carbons (Fsp3) is 0.462. The van der Waals surface area contributed by atoms with E-state index in [9.17, 15) is 4.79 Å². The van der Waals surface area contributed by atoms with Crippen LogP contribution in [0, 0.1) is 0 Å². The van der Waals surface area contributed by atoms with Gasteiger partial charge in [0, 0.05) is 32.4 Å². The molecule has 1 fully saturated rings. The van der Waals surface area contributed by atoms with E-state index in [0.29, 0.717) is 32.8 Å². The SMILES string of the molecule is CN(Cc1ccc(N)cc1)C(=O)N1CCOCC1. The largest absolute Gasteiger partial charge is 0.399 e. The molecule has 1 aromatic rings. The van der Waals surface area contributed by atoms with Crippen LogP contribution in [0.1, 0.15) is 5.56 Å². The summed E-state index contributed by atoms with van der Waals surface area (Å²) in [5, 5.41) is 0. The molecule has 0 atom stereocenters. The van der Waals surface area contributed by atoms with E-state index in [1.54, 1.807) is 4.90 Å². The van der Waals surface area contributed by atoms with E-state index in [1.807, 2.05) is 36.2 Å². The number of hydrogen-bond donors (Lipinski definition) is 1. The number of rotatable bonds is 2. The number of nitrogen functional groups attached to an aromatic ring is 1. The van der Waals surface area contributed by atoms with Crippen molar-refractivity contribution in [3.63, 3.8) is 0 Å². The molecule has 0 spiro atoms. The van der Waals surface area contributed by atoms with Crippen molar-refractivity contribution in [3.05, 3.63) is 29.8 Å². The Balaban J connectivity index is 1.92. The molecule has 2 amide bonds. The second-order valence-corrected chi connectivity index (χ2v) is 4.48. The van der Waals surface area contributed by atoms with Crippen LogP contribution in [0.4, 0.5) is 10.5 Å². The van der Waals surface area contributed by atoms with E-state index >= 15 is 0 Å². The van der Waals surface area contributed by atoms with Crippen molar-refractivity contribution in [2.75, 3.05) is 39.1 Å². The van der Waals surface area contributed by atoms with Crippen molar-refractivity contribution in [2.45, 2.75) is 6.54 Å². The zero-order valence-electron chi connectivity index (χ0n) is 10.6. The highest BCUT2D eigenvalue weighted by Crippen LogP contribution is 2.10. The van der Waals surface area contributed by atoms with Gasteiger partial charge in [-0.2, -0.15) is 0 Å². The second-order valence-electron chi connectivity index (χ2n) is 4.48. The van der Waals surface area contributed by atoms with Crippen LogP contribution in [-0.2, 0) is 11.3 Å². The zero-order valence-corrected chi connectivity index (χ0v) is 10.6. The Morgan fingerprint density at radius 1 is 1.33 bits per heavy atom. The molecule has 0 bridgehead atoms. The molecule has 98 valence electrons. The lowest BCUT2D eigenvalue weighted by Gasteiger charge is -2.31. The van der Waals surface area contributed by atoms with Crippen molar-refractivity contribution >= 4 is 11.7 Å². The summed E-state index contributed by atoms with van der Waals surface area (Å²) in [6, 6.07) is 7.64. The predicted molar refractivity (Wildman–Crippen MR) is 70.1 cm³/mol. The summed E-state index contributed by atoms with van der Waals surface area (Å²) in [5.41, 5.74) is 7.45. The quantitative estimate of drug-likeness (QED) is 0.800. The average Bonchev–Trinajstić information content (AvgIpc) is 2.41. The number of ether oxygens (including phenoxy) is 1. The number of morpholine rings is 1. The smallest absolute Gasteiger partial charge is 0.320 e. The molecule has 1 aliphatic rings. The third-order valence-corrected chi connectivity index (χ3v) is 3.01. The number of amides is 2. The van der Waals surface area contributed by atoms with Crippen molar-refractivity contribution in [1.29, 1.82) is 0 Å². The van der Waals surface area contributed by atoms with Crippen LogP contribution in [0.15, 0.2) is 24.3 Å². The molecule has 1 heterocycles. The second kappa shape index (κ2) is 5.73. The highest BCUT2D eigenvalue weighted by Gasteiger charge is 2.20. The minimum atomic E-state index is 0.0510. The summed E-state index contributed by atoms with van der Waals surface area (Å²) in [6.07, 6.45) is 0. The van der Waals surface area contributed by atoms with Crippen molar-refractivity contribution in [3.8, 4) is 0 Å². The van der Waals surface area contributed by atoms with E-state index in [2.05, 4.69) is 0 Å². The summed E-state index contributed by atoms with van der Waals surface area (Å²) >= 11 is 0. The van der Waals surface area contributed by atoms with Gasteiger partial charge in [-0.3, -0.25) is 0 Å². The molecular weight excluding hydrogens is 230 g/mol. The lowest BCUT2D eigenvalue weighted by molar-refractivity contribution is 0.0448. The molecular formula is C13H19N3O2. The van der Waals surface area contributed by atoms with Crippen LogP contribution in [-0.4, -0.2) is 49.2 Å². The summed E-state index contributed by atoms with van der Waals surface area (Å²) in [5.74, 6) is 0. The van der Waals surface area contributed by atoms with Gasteiger partial charge in [0.2, 0.25) is 0 Å². The maximum Gasteiger partial charge on any atom is 0.320 e. The van der Waals surface area contributed by atoms with Gasteiger partial charge in [0.05, 0.1) is 13.2 Å². The molecule has 1 saturated heterocycles. The minimum absolute atomic E-state index is 0.0510. The zero-order chi connectivity index (χ0) is 13.0. The molecule has 5 heteroatoms. The van der Waals surface area contributed by atoms with Gasteiger partial charge in [-0.05, 0) is 17.7 Å². The van der Waals surface area contributed by atoms with Crippen LogP contribution >= 0.6 is 0 Å². The molecule has 1 aromatic carbocycles. The van der Waals surface area contributed by atoms with Crippen molar-refractivity contribution in [2.24, 2.45) is 0 Å². The number of nitrogens with zero attached hydrogens (tertiary/aromatic N) is 2. The summed E-state index contributed by atoms with van der Waals surface area (Å²) < 4.78 is 5.23. The standard InChI is InChI=1S/C13H19N3O2/c1-15(10-11-2-4-12(14)5-3-11)13(17)16-6-8-18-9-7-16/h2-5H,6-10,14H2,1H3. The highest BCUT2D eigenvalue weighted by molar-refractivity contribution is 5.74. The minimum Gasteiger partial charge on any atom is -0.399 e. The number of carbonyl (C=O) groups is 1. The fourth-order valence-electron chi connectivity index (χ4n) is 1.96. The van der Waals surface area contributed by atoms with Gasteiger partial charge in [0.25, 0.3) is 0 Å². The van der Waals surface area contributed by atoms with Crippen LogP contribution in [0.3, 0.4) is 0 Å². The van der Waals surface area contributed by atoms with E-state index in [1.165, 1.54) is 0 Å². The molecule has 5 nitrogen and oxygen atoms in total. The van der Waals surface area contributed by atoms with Crippen LogP contribution in [0.2, 0.25) is 0 Å². The van der Waals surface area contributed by atoms with Gasteiger partial charge in [-0.15, -0.1) is 0 Å². The molecule has 2 rings (SSSR count). The van der Waals surface area contributed by atoms with Gasteiger partial charge in [0.15, 0.2) is 0 Å². The van der Waals surface area contributed by atoms with E-state index < -0.39 is 0 Å². The predicted octanol–water partition coefficient (Wildman–Crippen LogP) is 1.15. The normalized spacial score (nSPS) is 15.5. The van der Waals surface area contributed by atoms with Crippen molar-refractivity contribution in [1.82, 2.24) is 9.80 Å². The van der Waals surface area contributed by atoms with Crippen LogP contribution in [0.25, 0.3) is 0 Å². The average molecular weight is 249 g/mol. The molecule has 0 unspecified atom stereocenters. The Kier molecular flexibility index (Phi) is 4.04. The number of nitrogens with two attached hydrogens (primary N) is 1. The number of urea groups is 1. The summed E-state index contributed by atoms with van der Waals surface area (Å²) in [4.78, 5) is 15.7. The van der Waals surface area contributed by atoms with Gasteiger partial charge >= 0.3 is 6.03 Å². The Morgan fingerprint density at radius 2 is 1.94 bits per heavy atom. The molecule has 18 heavy (non-hydrogen) atoms. The molecule has 0 aliphatic carbocycles. The van der Waals surface area contributed by atoms with Gasteiger partial charge < -0.3 is 20.3 Å². The third kappa shape index (κ3) is 3.13. The Hall–Kier alpha value is -1.75. The van der Waals surface area contributed by atoms with Crippen LogP contribution in [0.5, 0.6) is 0 Å². The molecule has 1 aliphatic heterocycles. The maximum atomic E-state index is 12.1. The third-order valence-electron chi connectivity index (χ3n) is 3.01. The maximum absolute atomic E-state index is 12.1. The van der Waals surface area contributed by atoms with Gasteiger partial charge in [-0.25, -0.2) is 4.79 Å². The monoisotopic (exact) mass is 249 g/mol. The fourth-order valence-corrected chi connectivity index (χ4v) is 1.96. The molecule has 0 aromatic heterocycles. The Bertz CT molecular complexity index is 399. The first kappa shape index (κ1) is 12.7. The summed E-state index contributed by atoms with van der Waals surface area (Å²) in [6.45, 7) is 3.19. The number of hydrogen-bond acceptors (Lipinski definition) is 3. The van der Waals surface area contributed by atoms with Gasteiger partial charge in [0.1, 0.15) is 0 Å². The van der Waals surface area contributed by atoms with Crippen molar-refractivity contribution < 1.29 is 9.53 Å². The van der Waals surface area contributed by atoms with E-state index in [0.717, 1.165) is 11.3 Å². The lowest BCUT2D eigenvalue weighted by atomic mass is 10.2. The topological polar surface area (TPSA) is 58.8 Å². The first-order valence-electron chi connectivity index (χ1n) is 6.09. The number of carbonyl (C=O) groups excluding carboxylic acids is 1. The van der Waals surface area contributed by atoms with E-state index in [4.69, 9.17) is 10.5 Å². The molecule has 0 radical (unpaired) electrons. The first-order chi connectivity index (χ1) is 8.66. The Morgan fingerprint density at radius 3 is 2.56 bits per heavy atom. The molecule has 2 N–H and O–H groups in total. The Labute approximate surface area is 107 Å². The lowest BCUT2D eigenvalue weighted by Crippen LogP contribution is -2.46.